The molecule has 0 unspecified atom stereocenters. The number of unbranched alkanes of at least 4 members (excludes halogenated alkanes) is 13. The van der Waals surface area contributed by atoms with Crippen LogP contribution in [-0.2, 0) is 19.1 Å². The number of rotatable bonds is 22. The Balaban J connectivity index is 4.05. The van der Waals surface area contributed by atoms with Crippen LogP contribution in [0.5, 0.6) is 0 Å². The lowest BCUT2D eigenvalue weighted by molar-refractivity contribution is -0.873. The number of quaternary nitrogens is 1. The second-order valence-corrected chi connectivity index (χ2v) is 10.4. The molecule has 0 bridgehead atoms. The lowest BCUT2D eigenvalue weighted by Gasteiger charge is -2.28. The molecule has 0 aliphatic carbocycles. The predicted octanol–water partition coefficient (Wildman–Crippen LogP) is 6.82. The van der Waals surface area contributed by atoms with Gasteiger partial charge in [0.05, 0.1) is 34.2 Å². The standard InChI is InChI=1S/C27H54NO4/c1-6-8-10-12-13-14-15-16-17-19-21-26(29)32-25(24-28(3,4)5)23-27(30)31-22-20-18-11-9-7-2/h25H,6-24H2,1-5H3/q+1/t25-/m1/s1. The van der Waals surface area contributed by atoms with Crippen LogP contribution in [0.2, 0.25) is 0 Å². The van der Waals surface area contributed by atoms with E-state index in [4.69, 9.17) is 9.47 Å². The minimum absolute atomic E-state index is 0.147. The molecule has 1 atom stereocenters. The van der Waals surface area contributed by atoms with Crippen molar-refractivity contribution < 1.29 is 23.5 Å². The highest BCUT2D eigenvalue weighted by molar-refractivity contribution is 5.72. The normalized spacial score (nSPS) is 12.5. The second-order valence-electron chi connectivity index (χ2n) is 10.4. The molecule has 0 aromatic rings. The fourth-order valence-corrected chi connectivity index (χ4v) is 3.89. The molecule has 0 aromatic heterocycles. The zero-order valence-electron chi connectivity index (χ0n) is 22.1. The van der Waals surface area contributed by atoms with Crippen molar-refractivity contribution in [3.63, 3.8) is 0 Å². The van der Waals surface area contributed by atoms with E-state index in [1.165, 1.54) is 70.6 Å². The van der Waals surface area contributed by atoms with Crippen molar-refractivity contribution in [1.29, 1.82) is 0 Å². The molecule has 0 saturated carbocycles. The van der Waals surface area contributed by atoms with Gasteiger partial charge >= 0.3 is 11.9 Å². The SMILES string of the molecule is CCCCCCCCCCCCC(=O)O[C@H](CC(=O)OCCCCCCC)C[N+](C)(C)C. The van der Waals surface area contributed by atoms with Crippen LogP contribution in [0.15, 0.2) is 0 Å². The van der Waals surface area contributed by atoms with Gasteiger partial charge in [-0.2, -0.15) is 0 Å². The Bertz CT molecular complexity index is 459. The molecular weight excluding hydrogens is 402 g/mol. The third-order valence-corrected chi connectivity index (χ3v) is 5.69. The molecule has 0 saturated heterocycles. The highest BCUT2D eigenvalue weighted by Crippen LogP contribution is 2.13. The summed E-state index contributed by atoms with van der Waals surface area (Å²) in [5.41, 5.74) is 0. The quantitative estimate of drug-likeness (QED) is 0.102. The van der Waals surface area contributed by atoms with Crippen LogP contribution >= 0.6 is 0 Å². The summed E-state index contributed by atoms with van der Waals surface area (Å²) in [6.45, 7) is 5.50. The first-order chi connectivity index (χ1) is 15.3. The van der Waals surface area contributed by atoms with E-state index in [1.807, 2.05) is 21.1 Å². The molecule has 5 heteroatoms. The van der Waals surface area contributed by atoms with E-state index < -0.39 is 6.10 Å². The zero-order valence-corrected chi connectivity index (χ0v) is 22.1. The number of esters is 2. The number of hydrogen-bond donors (Lipinski definition) is 0. The van der Waals surface area contributed by atoms with Gasteiger partial charge in [-0.05, 0) is 12.8 Å². The number of carbonyl (C=O) groups excluding carboxylic acids is 2. The largest absolute Gasteiger partial charge is 0.466 e. The summed E-state index contributed by atoms with van der Waals surface area (Å²) in [6.07, 6.45) is 18.2. The van der Waals surface area contributed by atoms with Gasteiger partial charge in [-0.1, -0.05) is 97.3 Å². The van der Waals surface area contributed by atoms with Gasteiger partial charge < -0.3 is 14.0 Å². The Kier molecular flexibility index (Phi) is 19.8. The van der Waals surface area contributed by atoms with Crippen LogP contribution in [0.1, 0.15) is 123 Å². The molecule has 0 spiro atoms. The van der Waals surface area contributed by atoms with Gasteiger partial charge in [0.15, 0.2) is 6.10 Å². The van der Waals surface area contributed by atoms with Crippen LogP contribution in [0.25, 0.3) is 0 Å². The Morgan fingerprint density at radius 2 is 1.12 bits per heavy atom. The van der Waals surface area contributed by atoms with Gasteiger partial charge in [-0.15, -0.1) is 0 Å². The number of likely N-dealkylation sites (N-methyl/N-ethyl adjacent to an activating group) is 1. The number of ether oxygens (including phenoxy) is 2. The summed E-state index contributed by atoms with van der Waals surface area (Å²) in [5.74, 6) is -0.443. The molecule has 0 aliphatic rings. The summed E-state index contributed by atoms with van der Waals surface area (Å²) >= 11 is 0. The van der Waals surface area contributed by atoms with Crippen molar-refractivity contribution in [3.05, 3.63) is 0 Å². The maximum atomic E-state index is 12.3. The van der Waals surface area contributed by atoms with Gasteiger partial charge in [0.1, 0.15) is 6.54 Å². The summed E-state index contributed by atoms with van der Waals surface area (Å²) in [7, 11) is 6.13. The van der Waals surface area contributed by atoms with E-state index in [0.717, 1.165) is 25.7 Å². The van der Waals surface area contributed by atoms with E-state index in [1.54, 1.807) is 0 Å². The molecular formula is C27H54NO4+. The van der Waals surface area contributed by atoms with Crippen molar-refractivity contribution in [3.8, 4) is 0 Å². The Labute approximate surface area is 199 Å². The first-order valence-electron chi connectivity index (χ1n) is 13.4. The molecule has 0 rings (SSSR count). The Hall–Kier alpha value is -1.10. The molecule has 0 amide bonds. The third-order valence-electron chi connectivity index (χ3n) is 5.69. The van der Waals surface area contributed by atoms with Crippen molar-refractivity contribution in [2.24, 2.45) is 0 Å². The number of nitrogens with zero attached hydrogens (tertiary/aromatic N) is 1. The first-order valence-corrected chi connectivity index (χ1v) is 13.4. The lowest BCUT2D eigenvalue weighted by atomic mass is 10.1. The average Bonchev–Trinajstić information content (AvgIpc) is 2.70. The summed E-state index contributed by atoms with van der Waals surface area (Å²) in [5, 5.41) is 0. The van der Waals surface area contributed by atoms with Gasteiger partial charge in [-0.3, -0.25) is 9.59 Å². The molecule has 5 nitrogen and oxygen atoms in total. The van der Waals surface area contributed by atoms with Crippen molar-refractivity contribution in [2.75, 3.05) is 34.3 Å². The zero-order chi connectivity index (χ0) is 24.1. The predicted molar refractivity (Wildman–Crippen MR) is 134 cm³/mol. The van der Waals surface area contributed by atoms with Crippen LogP contribution in [0.3, 0.4) is 0 Å². The fraction of sp³-hybridized carbons (Fsp3) is 0.926. The second kappa shape index (κ2) is 20.5. The van der Waals surface area contributed by atoms with E-state index >= 15 is 0 Å². The summed E-state index contributed by atoms with van der Waals surface area (Å²) in [4.78, 5) is 24.6. The molecule has 0 aliphatic heterocycles. The average molecular weight is 457 g/mol. The Morgan fingerprint density at radius 1 is 0.656 bits per heavy atom. The van der Waals surface area contributed by atoms with E-state index in [9.17, 15) is 9.59 Å². The highest BCUT2D eigenvalue weighted by Gasteiger charge is 2.25. The van der Waals surface area contributed by atoms with E-state index in [2.05, 4.69) is 13.8 Å². The third kappa shape index (κ3) is 22.1. The van der Waals surface area contributed by atoms with Crippen LogP contribution in [0, 0.1) is 0 Å². The summed E-state index contributed by atoms with van der Waals surface area (Å²) < 4.78 is 11.7. The topological polar surface area (TPSA) is 52.6 Å². The van der Waals surface area contributed by atoms with Gasteiger partial charge in [0.25, 0.3) is 0 Å². The molecule has 0 N–H and O–H groups in total. The van der Waals surface area contributed by atoms with E-state index in [0.29, 0.717) is 24.1 Å². The first kappa shape index (κ1) is 30.9. The smallest absolute Gasteiger partial charge is 0.309 e. The molecule has 0 radical (unpaired) electrons. The molecule has 0 heterocycles. The minimum Gasteiger partial charge on any atom is -0.466 e. The molecule has 190 valence electrons. The number of hydrogen-bond acceptors (Lipinski definition) is 4. The van der Waals surface area contributed by atoms with Crippen molar-refractivity contribution >= 4 is 11.9 Å². The van der Waals surface area contributed by atoms with Gasteiger partial charge in [0.2, 0.25) is 0 Å². The van der Waals surface area contributed by atoms with Gasteiger partial charge in [0, 0.05) is 6.42 Å². The maximum absolute atomic E-state index is 12.3. The van der Waals surface area contributed by atoms with Crippen molar-refractivity contribution in [1.82, 2.24) is 0 Å². The monoisotopic (exact) mass is 456 g/mol. The van der Waals surface area contributed by atoms with Gasteiger partial charge in [-0.25, -0.2) is 0 Å². The molecule has 0 fully saturated rings. The molecule has 32 heavy (non-hydrogen) atoms. The number of carbonyl (C=O) groups is 2. The maximum Gasteiger partial charge on any atom is 0.309 e. The van der Waals surface area contributed by atoms with Crippen LogP contribution < -0.4 is 0 Å². The molecule has 0 aromatic carbocycles. The lowest BCUT2D eigenvalue weighted by Crippen LogP contribution is -2.44. The highest BCUT2D eigenvalue weighted by atomic mass is 16.6. The van der Waals surface area contributed by atoms with Crippen LogP contribution in [-0.4, -0.2) is 56.8 Å². The summed E-state index contributed by atoms with van der Waals surface area (Å²) in [6, 6.07) is 0. The minimum atomic E-state index is -0.418. The van der Waals surface area contributed by atoms with Crippen molar-refractivity contribution in [2.45, 2.75) is 129 Å². The van der Waals surface area contributed by atoms with E-state index in [-0.39, 0.29) is 18.4 Å². The fourth-order valence-electron chi connectivity index (χ4n) is 3.89. The Morgan fingerprint density at radius 3 is 1.62 bits per heavy atom. The van der Waals surface area contributed by atoms with Crippen LogP contribution in [0.4, 0.5) is 0 Å².